The normalized spacial score (nSPS) is 20.2. The Morgan fingerprint density at radius 1 is 1.26 bits per heavy atom. The summed E-state index contributed by atoms with van der Waals surface area (Å²) >= 11 is 0. The van der Waals surface area contributed by atoms with Gasteiger partial charge in [-0.1, -0.05) is 49.1 Å². The summed E-state index contributed by atoms with van der Waals surface area (Å²) in [5.41, 5.74) is 2.76. The average Bonchev–Trinajstić information content (AvgIpc) is 2.46. The Hall–Kier alpha value is -0.860. The van der Waals surface area contributed by atoms with Gasteiger partial charge in [0.05, 0.1) is 0 Å². The maximum Gasteiger partial charge on any atom is 0.0499 e. The highest BCUT2D eigenvalue weighted by Crippen LogP contribution is 2.35. The third-order valence-corrected chi connectivity index (χ3v) is 4.58. The van der Waals surface area contributed by atoms with E-state index < -0.39 is 0 Å². The van der Waals surface area contributed by atoms with Crippen molar-refractivity contribution < 1.29 is 5.11 Å². The Morgan fingerprint density at radius 2 is 2.00 bits per heavy atom. The molecule has 2 N–H and O–H groups in total. The second-order valence-electron chi connectivity index (χ2n) is 6.24. The van der Waals surface area contributed by atoms with E-state index >= 15 is 0 Å². The summed E-state index contributed by atoms with van der Waals surface area (Å²) in [4.78, 5) is 0. The van der Waals surface area contributed by atoms with E-state index in [2.05, 4.69) is 43.4 Å². The van der Waals surface area contributed by atoms with Gasteiger partial charge < -0.3 is 10.4 Å². The SMILES string of the molecule is Cc1cccc(C(C)NCC2(CO)CCCCC2)c1. The summed E-state index contributed by atoms with van der Waals surface area (Å²) in [6.07, 6.45) is 6.19. The van der Waals surface area contributed by atoms with E-state index in [0.717, 1.165) is 19.4 Å². The van der Waals surface area contributed by atoms with E-state index in [1.165, 1.54) is 30.4 Å². The first-order valence-electron chi connectivity index (χ1n) is 7.56. The summed E-state index contributed by atoms with van der Waals surface area (Å²) in [6.45, 7) is 5.59. The van der Waals surface area contributed by atoms with Crippen LogP contribution in [-0.4, -0.2) is 18.3 Å². The minimum absolute atomic E-state index is 0.121. The molecule has 2 heteroatoms. The number of hydrogen-bond acceptors (Lipinski definition) is 2. The molecule has 1 atom stereocenters. The number of rotatable bonds is 5. The predicted octanol–water partition coefficient (Wildman–Crippen LogP) is 3.59. The molecule has 0 bridgehead atoms. The molecule has 0 aromatic heterocycles. The molecule has 0 aliphatic heterocycles. The van der Waals surface area contributed by atoms with Crippen LogP contribution in [0.15, 0.2) is 24.3 Å². The minimum atomic E-state index is 0.121. The Morgan fingerprint density at radius 3 is 2.63 bits per heavy atom. The van der Waals surface area contributed by atoms with E-state index in [9.17, 15) is 5.11 Å². The molecule has 106 valence electrons. The first-order chi connectivity index (χ1) is 9.15. The third kappa shape index (κ3) is 3.80. The molecule has 2 nitrogen and oxygen atoms in total. The lowest BCUT2D eigenvalue weighted by molar-refractivity contribution is 0.0789. The van der Waals surface area contributed by atoms with Crippen molar-refractivity contribution in [2.75, 3.05) is 13.2 Å². The Labute approximate surface area is 117 Å². The second-order valence-corrected chi connectivity index (χ2v) is 6.24. The van der Waals surface area contributed by atoms with Gasteiger partial charge in [-0.2, -0.15) is 0 Å². The molecule has 0 spiro atoms. The summed E-state index contributed by atoms with van der Waals surface area (Å²) < 4.78 is 0. The molecule has 0 heterocycles. The Kier molecular flexibility index (Phi) is 5.00. The van der Waals surface area contributed by atoms with Gasteiger partial charge in [0.1, 0.15) is 0 Å². The minimum Gasteiger partial charge on any atom is -0.396 e. The molecule has 1 saturated carbocycles. The zero-order chi connectivity index (χ0) is 13.7. The van der Waals surface area contributed by atoms with Crippen molar-refractivity contribution in [1.29, 1.82) is 0 Å². The molecule has 19 heavy (non-hydrogen) atoms. The number of aliphatic hydroxyl groups is 1. The lowest BCUT2D eigenvalue weighted by atomic mass is 9.74. The van der Waals surface area contributed by atoms with Crippen molar-refractivity contribution in [3.05, 3.63) is 35.4 Å². The van der Waals surface area contributed by atoms with E-state index in [4.69, 9.17) is 0 Å². The van der Waals surface area contributed by atoms with E-state index in [0.29, 0.717) is 12.6 Å². The average molecular weight is 261 g/mol. The smallest absolute Gasteiger partial charge is 0.0499 e. The van der Waals surface area contributed by atoms with Crippen LogP contribution in [0.25, 0.3) is 0 Å². The number of aliphatic hydroxyl groups excluding tert-OH is 1. The maximum absolute atomic E-state index is 9.73. The van der Waals surface area contributed by atoms with Crippen LogP contribution in [0.3, 0.4) is 0 Å². The summed E-state index contributed by atoms with van der Waals surface area (Å²) in [5, 5.41) is 13.4. The van der Waals surface area contributed by atoms with Gasteiger partial charge in [0.15, 0.2) is 0 Å². The van der Waals surface area contributed by atoms with Crippen LogP contribution in [0.5, 0.6) is 0 Å². The van der Waals surface area contributed by atoms with E-state index in [-0.39, 0.29) is 5.41 Å². The second kappa shape index (κ2) is 6.53. The molecule has 0 radical (unpaired) electrons. The molecule has 1 aromatic rings. The van der Waals surface area contributed by atoms with Gasteiger partial charge >= 0.3 is 0 Å². The highest BCUT2D eigenvalue weighted by molar-refractivity contribution is 5.24. The lowest BCUT2D eigenvalue weighted by Gasteiger charge is -2.36. The van der Waals surface area contributed by atoms with Crippen LogP contribution < -0.4 is 5.32 Å². The third-order valence-electron chi connectivity index (χ3n) is 4.58. The summed E-state index contributed by atoms with van der Waals surface area (Å²) in [7, 11) is 0. The fourth-order valence-electron chi connectivity index (χ4n) is 3.12. The number of nitrogens with one attached hydrogen (secondary N) is 1. The van der Waals surface area contributed by atoms with Gasteiger partial charge in [-0.15, -0.1) is 0 Å². The van der Waals surface area contributed by atoms with Crippen molar-refractivity contribution in [1.82, 2.24) is 5.32 Å². The van der Waals surface area contributed by atoms with Crippen LogP contribution in [0.2, 0.25) is 0 Å². The zero-order valence-corrected chi connectivity index (χ0v) is 12.3. The van der Waals surface area contributed by atoms with Crippen LogP contribution >= 0.6 is 0 Å². The zero-order valence-electron chi connectivity index (χ0n) is 12.3. The van der Waals surface area contributed by atoms with Crippen molar-refractivity contribution in [2.45, 2.75) is 52.0 Å². The number of benzene rings is 1. The quantitative estimate of drug-likeness (QED) is 0.849. The van der Waals surface area contributed by atoms with Gasteiger partial charge in [-0.25, -0.2) is 0 Å². The maximum atomic E-state index is 9.73. The molecule has 1 aromatic carbocycles. The lowest BCUT2D eigenvalue weighted by Crippen LogP contribution is -2.40. The Bertz CT molecular complexity index is 396. The highest BCUT2D eigenvalue weighted by Gasteiger charge is 2.31. The van der Waals surface area contributed by atoms with E-state index in [1.807, 2.05) is 0 Å². The largest absolute Gasteiger partial charge is 0.396 e. The van der Waals surface area contributed by atoms with E-state index in [1.54, 1.807) is 0 Å². The first kappa shape index (κ1) is 14.5. The Balaban J connectivity index is 1.93. The molecular weight excluding hydrogens is 234 g/mol. The van der Waals surface area contributed by atoms with Gasteiger partial charge in [0.2, 0.25) is 0 Å². The van der Waals surface area contributed by atoms with Gasteiger partial charge in [0, 0.05) is 24.6 Å². The molecule has 0 amide bonds. The summed E-state index contributed by atoms with van der Waals surface area (Å²) in [5.74, 6) is 0. The molecule has 2 rings (SSSR count). The summed E-state index contributed by atoms with van der Waals surface area (Å²) in [6, 6.07) is 9.02. The fraction of sp³-hybridized carbons (Fsp3) is 0.647. The molecular formula is C17H27NO. The van der Waals surface area contributed by atoms with Crippen LogP contribution in [0, 0.1) is 12.3 Å². The number of aryl methyl sites for hydroxylation is 1. The van der Waals surface area contributed by atoms with Gasteiger partial charge in [0.25, 0.3) is 0 Å². The standard InChI is InChI=1S/C17H27NO/c1-14-7-6-8-16(11-14)15(2)18-12-17(13-19)9-4-3-5-10-17/h6-8,11,15,18-19H,3-5,9-10,12-13H2,1-2H3. The highest BCUT2D eigenvalue weighted by atomic mass is 16.3. The van der Waals surface area contributed by atoms with Gasteiger partial charge in [-0.3, -0.25) is 0 Å². The van der Waals surface area contributed by atoms with Crippen molar-refractivity contribution in [3.63, 3.8) is 0 Å². The molecule has 1 aliphatic carbocycles. The van der Waals surface area contributed by atoms with Crippen LogP contribution in [0.4, 0.5) is 0 Å². The topological polar surface area (TPSA) is 32.3 Å². The first-order valence-corrected chi connectivity index (χ1v) is 7.56. The monoisotopic (exact) mass is 261 g/mol. The van der Waals surface area contributed by atoms with Crippen molar-refractivity contribution in [3.8, 4) is 0 Å². The number of hydrogen-bond donors (Lipinski definition) is 2. The van der Waals surface area contributed by atoms with Gasteiger partial charge in [-0.05, 0) is 32.3 Å². The van der Waals surface area contributed by atoms with Crippen LogP contribution in [0.1, 0.15) is 56.2 Å². The molecule has 1 fully saturated rings. The molecule has 0 saturated heterocycles. The van der Waals surface area contributed by atoms with Crippen LogP contribution in [-0.2, 0) is 0 Å². The van der Waals surface area contributed by atoms with Crippen molar-refractivity contribution in [2.24, 2.45) is 5.41 Å². The fourth-order valence-corrected chi connectivity index (χ4v) is 3.12. The molecule has 1 unspecified atom stereocenters. The predicted molar refractivity (Wildman–Crippen MR) is 80.2 cm³/mol. The van der Waals surface area contributed by atoms with Crippen molar-refractivity contribution >= 4 is 0 Å². The molecule has 1 aliphatic rings.